The third-order valence-electron chi connectivity index (χ3n) is 1.67. The summed E-state index contributed by atoms with van der Waals surface area (Å²) in [7, 11) is 0. The van der Waals surface area contributed by atoms with E-state index in [0.717, 1.165) is 0 Å². The number of nitrogens with zero attached hydrogens (tertiary/aromatic N) is 1. The molecule has 0 aliphatic carbocycles. The van der Waals surface area contributed by atoms with Crippen LogP contribution in [0.3, 0.4) is 0 Å². The van der Waals surface area contributed by atoms with Crippen molar-refractivity contribution in [2.45, 2.75) is 19.8 Å². The highest BCUT2D eigenvalue weighted by molar-refractivity contribution is 5.55. The highest BCUT2D eigenvalue weighted by atomic mass is 19.4. The van der Waals surface area contributed by atoms with Gasteiger partial charge in [-0.25, -0.2) is 4.98 Å². The van der Waals surface area contributed by atoms with E-state index in [1.54, 1.807) is 0 Å². The molecule has 4 nitrogen and oxygen atoms in total. The van der Waals surface area contributed by atoms with Gasteiger partial charge in [0.05, 0.1) is 5.69 Å². The second-order valence-electron chi connectivity index (χ2n) is 2.89. The molecule has 0 unspecified atom stereocenters. The molecule has 0 spiro atoms. The molecular formula is C8H10F3N3O. The molecule has 4 N–H and O–H groups in total. The molecule has 0 aliphatic heterocycles. The van der Waals surface area contributed by atoms with Gasteiger partial charge in [0.2, 0.25) is 5.88 Å². The highest BCUT2D eigenvalue weighted by Gasteiger charge is 2.33. The first-order valence-electron chi connectivity index (χ1n) is 4.05. The van der Waals surface area contributed by atoms with Crippen molar-refractivity contribution in [1.29, 1.82) is 0 Å². The minimum Gasteiger partial charge on any atom is -0.394 e. The minimum atomic E-state index is -4.80. The number of ether oxygens (including phenoxy) is 1. The molecule has 0 fully saturated rings. The monoisotopic (exact) mass is 221 g/mol. The number of hydrogen-bond donors (Lipinski definition) is 2. The number of aryl methyl sites for hydroxylation is 1. The lowest BCUT2D eigenvalue weighted by molar-refractivity contribution is -0.275. The first-order valence-corrected chi connectivity index (χ1v) is 4.05. The summed E-state index contributed by atoms with van der Waals surface area (Å²) in [6.45, 7) is 1.56. The normalized spacial score (nSPS) is 11.5. The van der Waals surface area contributed by atoms with Crippen molar-refractivity contribution < 1.29 is 17.9 Å². The standard InChI is InChI=1S/C8H10F3N3O/c1-4-2-5(3-12)6(13)7(14-4)15-8(9,10)11/h2H,3,12-13H2,1H3. The van der Waals surface area contributed by atoms with E-state index in [9.17, 15) is 13.2 Å². The highest BCUT2D eigenvalue weighted by Crippen LogP contribution is 2.29. The van der Waals surface area contributed by atoms with Gasteiger partial charge in [0.25, 0.3) is 0 Å². The second-order valence-corrected chi connectivity index (χ2v) is 2.89. The van der Waals surface area contributed by atoms with Gasteiger partial charge in [-0.05, 0) is 18.6 Å². The van der Waals surface area contributed by atoms with Crippen LogP contribution in [0.1, 0.15) is 11.3 Å². The zero-order valence-electron chi connectivity index (χ0n) is 7.93. The summed E-state index contributed by atoms with van der Waals surface area (Å²) in [5, 5.41) is 0. The quantitative estimate of drug-likeness (QED) is 0.790. The maximum Gasteiger partial charge on any atom is 0.574 e. The molecule has 1 aromatic rings. The number of nitrogens with two attached hydrogens (primary N) is 2. The number of halogens is 3. The smallest absolute Gasteiger partial charge is 0.394 e. The predicted octanol–water partition coefficient (Wildman–Crippen LogP) is 1.33. The number of alkyl halides is 3. The predicted molar refractivity (Wildman–Crippen MR) is 48.0 cm³/mol. The fourth-order valence-electron chi connectivity index (χ4n) is 1.08. The average Bonchev–Trinajstić information content (AvgIpc) is 2.08. The van der Waals surface area contributed by atoms with Crippen molar-refractivity contribution >= 4 is 5.69 Å². The Morgan fingerprint density at radius 3 is 2.53 bits per heavy atom. The molecule has 15 heavy (non-hydrogen) atoms. The third-order valence-corrected chi connectivity index (χ3v) is 1.67. The SMILES string of the molecule is Cc1cc(CN)c(N)c(OC(F)(F)F)n1. The van der Waals surface area contributed by atoms with E-state index in [2.05, 4.69) is 9.72 Å². The van der Waals surface area contributed by atoms with Crippen LogP contribution in [0.4, 0.5) is 18.9 Å². The van der Waals surface area contributed by atoms with Crippen molar-refractivity contribution in [1.82, 2.24) is 4.98 Å². The number of nitrogen functional groups attached to an aromatic ring is 1. The summed E-state index contributed by atoms with van der Waals surface area (Å²) in [6, 6.07) is 1.51. The van der Waals surface area contributed by atoms with Gasteiger partial charge in [0.15, 0.2) is 0 Å². The topological polar surface area (TPSA) is 74.2 Å². The number of rotatable bonds is 2. The van der Waals surface area contributed by atoms with Gasteiger partial charge < -0.3 is 16.2 Å². The molecule has 0 atom stereocenters. The summed E-state index contributed by atoms with van der Waals surface area (Å²) < 4.78 is 39.5. The van der Waals surface area contributed by atoms with Crippen molar-refractivity contribution in [2.24, 2.45) is 5.73 Å². The van der Waals surface area contributed by atoms with Crippen LogP contribution in [-0.2, 0) is 6.54 Å². The molecule has 0 radical (unpaired) electrons. The fourth-order valence-corrected chi connectivity index (χ4v) is 1.08. The lowest BCUT2D eigenvalue weighted by atomic mass is 10.2. The molecular weight excluding hydrogens is 211 g/mol. The second kappa shape index (κ2) is 3.93. The molecule has 7 heteroatoms. The van der Waals surface area contributed by atoms with Crippen LogP contribution in [0.15, 0.2) is 6.07 Å². The van der Waals surface area contributed by atoms with Gasteiger partial charge in [0.1, 0.15) is 0 Å². The minimum absolute atomic E-state index is 0.0312. The maximum atomic E-state index is 11.9. The van der Waals surface area contributed by atoms with Crippen molar-refractivity contribution in [3.05, 3.63) is 17.3 Å². The Kier molecular flexibility index (Phi) is 3.04. The van der Waals surface area contributed by atoms with Crippen molar-refractivity contribution in [3.8, 4) is 5.88 Å². The number of pyridine rings is 1. The average molecular weight is 221 g/mol. The molecule has 1 aromatic heterocycles. The summed E-state index contributed by atoms with van der Waals surface area (Å²) >= 11 is 0. The Morgan fingerprint density at radius 2 is 2.07 bits per heavy atom. The van der Waals surface area contributed by atoms with Crippen molar-refractivity contribution in [3.63, 3.8) is 0 Å². The molecule has 0 aliphatic rings. The van der Waals surface area contributed by atoms with E-state index in [0.29, 0.717) is 11.3 Å². The lowest BCUT2D eigenvalue weighted by Crippen LogP contribution is -2.20. The largest absolute Gasteiger partial charge is 0.574 e. The van der Waals surface area contributed by atoms with Crippen LogP contribution in [-0.4, -0.2) is 11.3 Å². The van der Waals surface area contributed by atoms with Gasteiger partial charge in [-0.15, -0.1) is 13.2 Å². The first-order chi connectivity index (χ1) is 6.83. The number of hydrogen-bond acceptors (Lipinski definition) is 4. The Morgan fingerprint density at radius 1 is 1.47 bits per heavy atom. The molecule has 0 saturated heterocycles. The van der Waals surface area contributed by atoms with Crippen LogP contribution < -0.4 is 16.2 Å². The molecule has 1 heterocycles. The van der Waals surface area contributed by atoms with Gasteiger partial charge >= 0.3 is 6.36 Å². The van der Waals surface area contributed by atoms with Crippen molar-refractivity contribution in [2.75, 3.05) is 5.73 Å². The summed E-state index contributed by atoms with van der Waals surface area (Å²) in [5.41, 5.74) is 11.3. The Bertz CT molecular complexity index is 365. The van der Waals surface area contributed by atoms with Crippen LogP contribution in [0, 0.1) is 6.92 Å². The van der Waals surface area contributed by atoms with E-state index in [1.807, 2.05) is 0 Å². The lowest BCUT2D eigenvalue weighted by Gasteiger charge is -2.12. The molecule has 0 amide bonds. The summed E-state index contributed by atoms with van der Waals surface area (Å²) in [4.78, 5) is 3.54. The van der Waals surface area contributed by atoms with Gasteiger partial charge in [-0.3, -0.25) is 0 Å². The summed E-state index contributed by atoms with van der Waals surface area (Å²) in [6.07, 6.45) is -4.80. The first kappa shape index (κ1) is 11.6. The zero-order valence-corrected chi connectivity index (χ0v) is 7.93. The molecule has 84 valence electrons. The molecule has 0 saturated carbocycles. The van der Waals surface area contributed by atoms with E-state index >= 15 is 0 Å². The third kappa shape index (κ3) is 2.98. The van der Waals surface area contributed by atoms with E-state index < -0.39 is 12.2 Å². The van der Waals surface area contributed by atoms with Crippen LogP contribution in [0.2, 0.25) is 0 Å². The fraction of sp³-hybridized carbons (Fsp3) is 0.375. The van der Waals surface area contributed by atoms with E-state index in [1.165, 1.54) is 13.0 Å². The Labute approximate surface area is 84.0 Å². The number of anilines is 1. The molecule has 1 rings (SSSR count). The Balaban J connectivity index is 3.12. The van der Waals surface area contributed by atoms with E-state index in [-0.39, 0.29) is 12.2 Å². The van der Waals surface area contributed by atoms with Gasteiger partial charge in [0, 0.05) is 12.2 Å². The zero-order chi connectivity index (χ0) is 11.6. The molecule has 0 aromatic carbocycles. The van der Waals surface area contributed by atoms with Gasteiger partial charge in [-0.1, -0.05) is 0 Å². The summed E-state index contributed by atoms with van der Waals surface area (Å²) in [5.74, 6) is -0.650. The molecule has 0 bridgehead atoms. The van der Waals surface area contributed by atoms with Crippen LogP contribution in [0.5, 0.6) is 5.88 Å². The van der Waals surface area contributed by atoms with E-state index in [4.69, 9.17) is 11.5 Å². The Hall–Kier alpha value is -1.50. The van der Waals surface area contributed by atoms with Crippen LogP contribution >= 0.6 is 0 Å². The van der Waals surface area contributed by atoms with Crippen LogP contribution in [0.25, 0.3) is 0 Å². The maximum absolute atomic E-state index is 11.9. The van der Waals surface area contributed by atoms with Gasteiger partial charge in [-0.2, -0.15) is 0 Å². The number of aromatic nitrogens is 1.